The van der Waals surface area contributed by atoms with Gasteiger partial charge in [-0.05, 0) is 25.5 Å². The lowest BCUT2D eigenvalue weighted by molar-refractivity contribution is -0.157. The van der Waals surface area contributed by atoms with Gasteiger partial charge in [-0.15, -0.1) is 0 Å². The van der Waals surface area contributed by atoms with Crippen molar-refractivity contribution in [3.05, 3.63) is 48.3 Å². The van der Waals surface area contributed by atoms with Crippen LogP contribution in [0.1, 0.15) is 37.2 Å². The third kappa shape index (κ3) is 5.47. The fourth-order valence-electron chi connectivity index (χ4n) is 3.49. The van der Waals surface area contributed by atoms with Crippen LogP contribution in [0.4, 0.5) is 0 Å². The Bertz CT molecular complexity index is 922. The van der Waals surface area contributed by atoms with E-state index in [2.05, 4.69) is 10.3 Å². The second-order valence-corrected chi connectivity index (χ2v) is 7.38. The maximum Gasteiger partial charge on any atom is 0.329 e. The van der Waals surface area contributed by atoms with E-state index in [1.54, 1.807) is 6.92 Å². The van der Waals surface area contributed by atoms with Gasteiger partial charge in [-0.25, -0.2) is 9.78 Å². The van der Waals surface area contributed by atoms with Gasteiger partial charge in [0.05, 0.1) is 13.2 Å². The van der Waals surface area contributed by atoms with Crippen LogP contribution in [-0.2, 0) is 14.3 Å². The highest BCUT2D eigenvalue weighted by Gasteiger charge is 2.36. The van der Waals surface area contributed by atoms with Gasteiger partial charge >= 0.3 is 5.97 Å². The summed E-state index contributed by atoms with van der Waals surface area (Å²) in [7, 11) is 1.36. The van der Waals surface area contributed by atoms with Crippen molar-refractivity contribution < 1.29 is 33.6 Å². The quantitative estimate of drug-likeness (QED) is 0.653. The molecule has 0 unspecified atom stereocenters. The number of para-hydroxylation sites is 1. The van der Waals surface area contributed by atoms with Crippen molar-refractivity contribution in [3.63, 3.8) is 0 Å². The average Bonchev–Trinajstić information content (AvgIpc) is 2.84. The van der Waals surface area contributed by atoms with Gasteiger partial charge in [0, 0.05) is 25.3 Å². The van der Waals surface area contributed by atoms with Gasteiger partial charge in [-0.3, -0.25) is 4.79 Å². The van der Waals surface area contributed by atoms with Crippen LogP contribution in [0.3, 0.4) is 0 Å². The van der Waals surface area contributed by atoms with Crippen molar-refractivity contribution >= 4 is 11.9 Å². The number of aromatic nitrogens is 1. The summed E-state index contributed by atoms with van der Waals surface area (Å²) in [6, 6.07) is 9.69. The number of amides is 1. The molecule has 1 aliphatic heterocycles. The molecular formula is C23H28N2O7. The summed E-state index contributed by atoms with van der Waals surface area (Å²) in [5.74, 6) is -0.998. The van der Waals surface area contributed by atoms with E-state index in [4.69, 9.17) is 18.9 Å². The number of esters is 1. The number of nitrogens with zero attached hydrogens (tertiary/aromatic N) is 1. The summed E-state index contributed by atoms with van der Waals surface area (Å²) in [6.45, 7) is 3.91. The highest BCUT2D eigenvalue weighted by molar-refractivity contribution is 5.97. The van der Waals surface area contributed by atoms with Crippen LogP contribution in [0.15, 0.2) is 42.6 Å². The first-order chi connectivity index (χ1) is 15.4. The molecule has 1 saturated heterocycles. The summed E-state index contributed by atoms with van der Waals surface area (Å²) in [6.07, 6.45) is 0.710. The predicted molar refractivity (Wildman–Crippen MR) is 115 cm³/mol. The lowest BCUT2D eigenvalue weighted by Gasteiger charge is -2.30. The molecule has 1 aromatic heterocycles. The SMILES string of the molecule is CC[C@H]1OCC[C@H](NC(=O)c2nccc(OC)c2O)C(=O)O[C@@H](C)[C@@H]1Oc1ccccc1. The van der Waals surface area contributed by atoms with E-state index in [1.165, 1.54) is 19.4 Å². The summed E-state index contributed by atoms with van der Waals surface area (Å²) in [5, 5.41) is 12.8. The number of cyclic esters (lactones) is 1. The lowest BCUT2D eigenvalue weighted by Crippen LogP contribution is -2.46. The van der Waals surface area contributed by atoms with Crippen molar-refractivity contribution in [2.45, 2.75) is 51.0 Å². The number of carbonyl (C=O) groups excluding carboxylic acids is 2. The Kier molecular flexibility index (Phi) is 7.88. The van der Waals surface area contributed by atoms with Crippen LogP contribution in [-0.4, -0.2) is 60.0 Å². The van der Waals surface area contributed by atoms with Crippen molar-refractivity contribution in [1.82, 2.24) is 10.3 Å². The molecule has 172 valence electrons. The first kappa shape index (κ1) is 23.3. The third-order valence-corrected chi connectivity index (χ3v) is 5.20. The highest BCUT2D eigenvalue weighted by Crippen LogP contribution is 2.28. The molecule has 2 N–H and O–H groups in total. The van der Waals surface area contributed by atoms with Gasteiger partial charge in [0.25, 0.3) is 5.91 Å². The van der Waals surface area contributed by atoms with Gasteiger partial charge in [-0.1, -0.05) is 25.1 Å². The van der Waals surface area contributed by atoms with Gasteiger partial charge in [-0.2, -0.15) is 0 Å². The minimum Gasteiger partial charge on any atom is -0.503 e. The van der Waals surface area contributed by atoms with E-state index < -0.39 is 35.9 Å². The zero-order valence-corrected chi connectivity index (χ0v) is 18.3. The Morgan fingerprint density at radius 2 is 2.03 bits per heavy atom. The number of nitrogens with one attached hydrogen (secondary N) is 1. The molecule has 0 spiro atoms. The van der Waals surface area contributed by atoms with E-state index in [0.29, 0.717) is 12.2 Å². The molecule has 0 aliphatic carbocycles. The molecule has 1 amide bonds. The van der Waals surface area contributed by atoms with E-state index in [0.717, 1.165) is 0 Å². The van der Waals surface area contributed by atoms with Crippen LogP contribution in [0.5, 0.6) is 17.2 Å². The number of carbonyl (C=O) groups is 2. The fourth-order valence-corrected chi connectivity index (χ4v) is 3.49. The second kappa shape index (κ2) is 10.8. The van der Waals surface area contributed by atoms with E-state index in [-0.39, 0.29) is 30.6 Å². The van der Waals surface area contributed by atoms with Crippen molar-refractivity contribution in [3.8, 4) is 17.2 Å². The standard InChI is InChI=1S/C23H28N2O7/c1-4-17-21(32-15-8-6-5-7-9-15)14(2)31-23(28)16(11-13-30-17)25-22(27)19-20(26)18(29-3)10-12-24-19/h5-10,12,14,16-17,21,26H,4,11,13H2,1-3H3,(H,25,27)/t14-,16-,17+,21-/m0/s1. The number of aromatic hydroxyl groups is 1. The summed E-state index contributed by atoms with van der Waals surface area (Å²) >= 11 is 0. The molecule has 2 heterocycles. The van der Waals surface area contributed by atoms with E-state index >= 15 is 0 Å². The minimum absolute atomic E-state index is 0.103. The Hall–Kier alpha value is -3.33. The number of rotatable bonds is 6. The number of pyridine rings is 1. The molecule has 32 heavy (non-hydrogen) atoms. The topological polar surface area (TPSA) is 116 Å². The summed E-state index contributed by atoms with van der Waals surface area (Å²) < 4.78 is 22.7. The largest absolute Gasteiger partial charge is 0.503 e. The Morgan fingerprint density at radius 1 is 1.28 bits per heavy atom. The fraction of sp³-hybridized carbons (Fsp3) is 0.435. The number of ether oxygens (including phenoxy) is 4. The van der Waals surface area contributed by atoms with Crippen LogP contribution < -0.4 is 14.8 Å². The summed E-state index contributed by atoms with van der Waals surface area (Å²) in [4.78, 5) is 29.4. The monoisotopic (exact) mass is 444 g/mol. The van der Waals surface area contributed by atoms with Crippen LogP contribution in [0.25, 0.3) is 0 Å². The normalized spacial score (nSPS) is 23.8. The Morgan fingerprint density at radius 3 is 2.72 bits per heavy atom. The molecule has 9 nitrogen and oxygen atoms in total. The molecule has 0 saturated carbocycles. The van der Waals surface area contributed by atoms with Crippen molar-refractivity contribution in [2.24, 2.45) is 0 Å². The third-order valence-electron chi connectivity index (χ3n) is 5.20. The second-order valence-electron chi connectivity index (χ2n) is 7.38. The van der Waals surface area contributed by atoms with Gasteiger partial charge in [0.2, 0.25) is 0 Å². The zero-order chi connectivity index (χ0) is 23.1. The summed E-state index contributed by atoms with van der Waals surface area (Å²) in [5.41, 5.74) is -0.247. The molecule has 3 rings (SSSR count). The maximum absolute atomic E-state index is 12.8. The highest BCUT2D eigenvalue weighted by atomic mass is 16.6. The van der Waals surface area contributed by atoms with Gasteiger partial charge in [0.15, 0.2) is 23.3 Å². The van der Waals surface area contributed by atoms with Gasteiger partial charge in [0.1, 0.15) is 17.9 Å². The smallest absolute Gasteiger partial charge is 0.329 e. The van der Waals surface area contributed by atoms with Gasteiger partial charge < -0.3 is 29.4 Å². The van der Waals surface area contributed by atoms with E-state index in [1.807, 2.05) is 37.3 Å². The first-order valence-electron chi connectivity index (χ1n) is 10.5. The van der Waals surface area contributed by atoms with E-state index in [9.17, 15) is 14.7 Å². The lowest BCUT2D eigenvalue weighted by atomic mass is 10.1. The van der Waals surface area contributed by atoms with Crippen molar-refractivity contribution in [2.75, 3.05) is 13.7 Å². The van der Waals surface area contributed by atoms with Crippen LogP contribution in [0, 0.1) is 0 Å². The molecule has 0 radical (unpaired) electrons. The molecule has 0 bridgehead atoms. The molecular weight excluding hydrogens is 416 g/mol. The number of hydrogen-bond donors (Lipinski definition) is 2. The number of hydrogen-bond acceptors (Lipinski definition) is 8. The Balaban J connectivity index is 1.75. The predicted octanol–water partition coefficient (Wildman–Crippen LogP) is 2.47. The molecule has 1 aromatic carbocycles. The molecule has 2 aromatic rings. The molecule has 1 fully saturated rings. The minimum atomic E-state index is -0.981. The average molecular weight is 444 g/mol. The van der Waals surface area contributed by atoms with Crippen LogP contribution in [0.2, 0.25) is 0 Å². The van der Waals surface area contributed by atoms with Crippen LogP contribution >= 0.6 is 0 Å². The first-order valence-corrected chi connectivity index (χ1v) is 10.5. The van der Waals surface area contributed by atoms with Crippen molar-refractivity contribution in [1.29, 1.82) is 0 Å². The molecule has 1 aliphatic rings. The molecule has 4 atom stereocenters. The maximum atomic E-state index is 12.8. The molecule has 9 heteroatoms. The number of methoxy groups -OCH3 is 1. The Labute approximate surface area is 186 Å². The zero-order valence-electron chi connectivity index (χ0n) is 18.3. The number of benzene rings is 1.